The zero-order valence-electron chi connectivity index (χ0n) is 11.2. The van der Waals surface area contributed by atoms with Crippen LogP contribution in [0.15, 0.2) is 5.38 Å². The van der Waals surface area contributed by atoms with Gasteiger partial charge in [0, 0.05) is 23.2 Å². The van der Waals surface area contributed by atoms with Crippen LogP contribution in [0.5, 0.6) is 0 Å². The van der Waals surface area contributed by atoms with Gasteiger partial charge in [0.05, 0.1) is 0 Å². The first-order chi connectivity index (χ1) is 8.60. The SMILES string of the molecule is CCC(CC)(CNC(=O)c1csc(CN)n1)SC. The van der Waals surface area contributed by atoms with Crippen LogP contribution in [-0.4, -0.2) is 28.4 Å². The monoisotopic (exact) mass is 287 g/mol. The predicted molar refractivity (Wildman–Crippen MR) is 79.2 cm³/mol. The number of carbonyl (C=O) groups is 1. The maximum absolute atomic E-state index is 12.0. The molecule has 0 radical (unpaired) electrons. The number of nitrogens with one attached hydrogen (secondary N) is 1. The van der Waals surface area contributed by atoms with Gasteiger partial charge in [0.15, 0.2) is 0 Å². The lowest BCUT2D eigenvalue weighted by Crippen LogP contribution is -2.39. The molecule has 0 aliphatic heterocycles. The Morgan fingerprint density at radius 2 is 2.22 bits per heavy atom. The van der Waals surface area contributed by atoms with Gasteiger partial charge in [-0.25, -0.2) is 4.98 Å². The summed E-state index contributed by atoms with van der Waals surface area (Å²) in [4.78, 5) is 16.1. The number of hydrogen-bond donors (Lipinski definition) is 2. The summed E-state index contributed by atoms with van der Waals surface area (Å²) < 4.78 is 0.127. The highest BCUT2D eigenvalue weighted by Crippen LogP contribution is 2.29. The maximum Gasteiger partial charge on any atom is 0.270 e. The third kappa shape index (κ3) is 3.70. The van der Waals surface area contributed by atoms with Crippen LogP contribution in [-0.2, 0) is 6.54 Å². The summed E-state index contributed by atoms with van der Waals surface area (Å²) in [6.07, 6.45) is 4.17. The van der Waals surface area contributed by atoms with E-state index in [-0.39, 0.29) is 10.7 Å². The fourth-order valence-electron chi connectivity index (χ4n) is 1.70. The van der Waals surface area contributed by atoms with Gasteiger partial charge >= 0.3 is 0 Å². The van der Waals surface area contributed by atoms with Crippen LogP contribution < -0.4 is 11.1 Å². The highest BCUT2D eigenvalue weighted by Gasteiger charge is 2.25. The summed E-state index contributed by atoms with van der Waals surface area (Å²) in [5.74, 6) is -0.105. The molecule has 0 spiro atoms. The first-order valence-corrected chi connectivity index (χ1v) is 8.19. The predicted octanol–water partition coefficient (Wildman–Crippen LogP) is 2.25. The summed E-state index contributed by atoms with van der Waals surface area (Å²) in [6.45, 7) is 5.37. The van der Waals surface area contributed by atoms with E-state index in [0.717, 1.165) is 17.8 Å². The number of rotatable bonds is 7. The zero-order valence-corrected chi connectivity index (χ0v) is 12.8. The van der Waals surface area contributed by atoms with Gasteiger partial charge in [-0.2, -0.15) is 11.8 Å². The quantitative estimate of drug-likeness (QED) is 0.807. The Bertz CT molecular complexity index is 380. The molecule has 1 heterocycles. The average molecular weight is 287 g/mol. The Balaban J connectivity index is 2.59. The second kappa shape index (κ2) is 7.11. The lowest BCUT2D eigenvalue weighted by molar-refractivity contribution is 0.0944. The Morgan fingerprint density at radius 1 is 1.56 bits per heavy atom. The Kier molecular flexibility index (Phi) is 6.11. The van der Waals surface area contributed by atoms with E-state index >= 15 is 0 Å². The summed E-state index contributed by atoms with van der Waals surface area (Å²) >= 11 is 3.24. The molecule has 1 aromatic heterocycles. The van der Waals surface area contributed by atoms with E-state index in [1.54, 1.807) is 5.38 Å². The molecule has 1 aromatic rings. The third-order valence-corrected chi connectivity index (χ3v) is 5.71. The molecule has 4 nitrogen and oxygen atoms in total. The number of aromatic nitrogens is 1. The van der Waals surface area contributed by atoms with Crippen LogP contribution >= 0.6 is 23.1 Å². The van der Waals surface area contributed by atoms with E-state index in [9.17, 15) is 4.79 Å². The third-order valence-electron chi connectivity index (χ3n) is 3.25. The second-order valence-electron chi connectivity index (χ2n) is 4.11. The van der Waals surface area contributed by atoms with Crippen molar-refractivity contribution in [2.45, 2.75) is 38.0 Å². The van der Waals surface area contributed by atoms with Crippen molar-refractivity contribution in [3.8, 4) is 0 Å². The van der Waals surface area contributed by atoms with Gasteiger partial charge in [0.2, 0.25) is 0 Å². The molecule has 0 saturated carbocycles. The van der Waals surface area contributed by atoms with Gasteiger partial charge < -0.3 is 11.1 Å². The smallest absolute Gasteiger partial charge is 0.270 e. The highest BCUT2D eigenvalue weighted by molar-refractivity contribution is 8.00. The molecule has 0 unspecified atom stereocenters. The molecule has 3 N–H and O–H groups in total. The van der Waals surface area contributed by atoms with Crippen molar-refractivity contribution in [1.82, 2.24) is 10.3 Å². The van der Waals surface area contributed by atoms with Crippen LogP contribution in [0, 0.1) is 0 Å². The fraction of sp³-hybridized carbons (Fsp3) is 0.667. The second-order valence-corrected chi connectivity index (χ2v) is 6.32. The Morgan fingerprint density at radius 3 is 2.67 bits per heavy atom. The topological polar surface area (TPSA) is 68.0 Å². The number of carbonyl (C=O) groups excluding carboxylic acids is 1. The molecule has 0 aromatic carbocycles. The Labute approximate surface area is 117 Å². The molecular weight excluding hydrogens is 266 g/mol. The van der Waals surface area contributed by atoms with Gasteiger partial charge in [-0.3, -0.25) is 4.79 Å². The molecule has 0 fully saturated rings. The van der Waals surface area contributed by atoms with Gasteiger partial charge in [-0.1, -0.05) is 13.8 Å². The first-order valence-electron chi connectivity index (χ1n) is 6.08. The van der Waals surface area contributed by atoms with Crippen LogP contribution in [0.1, 0.15) is 42.2 Å². The number of hydrogen-bond acceptors (Lipinski definition) is 5. The lowest BCUT2D eigenvalue weighted by atomic mass is 10.0. The normalized spacial score (nSPS) is 11.6. The van der Waals surface area contributed by atoms with Gasteiger partial charge in [0.1, 0.15) is 10.7 Å². The lowest BCUT2D eigenvalue weighted by Gasteiger charge is -2.29. The van der Waals surface area contributed by atoms with E-state index in [1.807, 2.05) is 11.8 Å². The van der Waals surface area contributed by atoms with E-state index in [2.05, 4.69) is 30.4 Å². The van der Waals surface area contributed by atoms with E-state index in [4.69, 9.17) is 5.73 Å². The summed E-state index contributed by atoms with van der Waals surface area (Å²) in [5, 5.41) is 5.53. The molecule has 0 atom stereocenters. The number of nitrogens with two attached hydrogens (primary N) is 1. The standard InChI is InChI=1S/C12H21N3OS2/c1-4-12(5-2,17-3)8-14-11(16)9-7-18-10(6-13)15-9/h7H,4-6,8,13H2,1-3H3,(H,14,16). The molecule has 0 aliphatic rings. The Hall–Kier alpha value is -0.590. The minimum absolute atomic E-state index is 0.105. The highest BCUT2D eigenvalue weighted by atomic mass is 32.2. The van der Waals surface area contributed by atoms with Crippen LogP contribution in [0.25, 0.3) is 0 Å². The number of thioether (sulfide) groups is 1. The van der Waals surface area contributed by atoms with Crippen molar-refractivity contribution in [3.05, 3.63) is 16.1 Å². The minimum atomic E-state index is -0.105. The molecule has 1 amide bonds. The maximum atomic E-state index is 12.0. The summed E-state index contributed by atoms with van der Waals surface area (Å²) in [7, 11) is 0. The average Bonchev–Trinajstić information content (AvgIpc) is 2.89. The van der Waals surface area contributed by atoms with Crippen LogP contribution in [0.2, 0.25) is 0 Å². The molecular formula is C12H21N3OS2. The number of nitrogens with zero attached hydrogens (tertiary/aromatic N) is 1. The van der Waals surface area contributed by atoms with Gasteiger partial charge in [-0.05, 0) is 19.1 Å². The number of amides is 1. The van der Waals surface area contributed by atoms with Crippen molar-refractivity contribution in [2.24, 2.45) is 5.73 Å². The largest absolute Gasteiger partial charge is 0.349 e. The van der Waals surface area contributed by atoms with E-state index < -0.39 is 0 Å². The van der Waals surface area contributed by atoms with Crippen molar-refractivity contribution in [1.29, 1.82) is 0 Å². The molecule has 6 heteroatoms. The summed E-state index contributed by atoms with van der Waals surface area (Å²) in [5.41, 5.74) is 5.96. The van der Waals surface area contributed by atoms with Crippen LogP contribution in [0.3, 0.4) is 0 Å². The summed E-state index contributed by atoms with van der Waals surface area (Å²) in [6, 6.07) is 0. The molecule has 1 rings (SSSR count). The zero-order chi connectivity index (χ0) is 13.6. The minimum Gasteiger partial charge on any atom is -0.349 e. The molecule has 18 heavy (non-hydrogen) atoms. The fourth-order valence-corrected chi connectivity index (χ4v) is 3.15. The van der Waals surface area contributed by atoms with Gasteiger partial charge in [-0.15, -0.1) is 11.3 Å². The van der Waals surface area contributed by atoms with Crippen molar-refractivity contribution < 1.29 is 4.79 Å². The van der Waals surface area contributed by atoms with Crippen LogP contribution in [0.4, 0.5) is 0 Å². The van der Waals surface area contributed by atoms with Gasteiger partial charge in [0.25, 0.3) is 5.91 Å². The van der Waals surface area contributed by atoms with E-state index in [1.165, 1.54) is 11.3 Å². The molecule has 102 valence electrons. The van der Waals surface area contributed by atoms with Crippen molar-refractivity contribution in [3.63, 3.8) is 0 Å². The first kappa shape index (κ1) is 15.5. The molecule has 0 saturated heterocycles. The van der Waals surface area contributed by atoms with Crippen molar-refractivity contribution in [2.75, 3.05) is 12.8 Å². The van der Waals surface area contributed by atoms with Crippen molar-refractivity contribution >= 4 is 29.0 Å². The molecule has 0 bridgehead atoms. The number of thiazole rings is 1. The van der Waals surface area contributed by atoms with E-state index in [0.29, 0.717) is 18.8 Å². The molecule has 0 aliphatic carbocycles.